The molecule has 0 radical (unpaired) electrons. The fourth-order valence-corrected chi connectivity index (χ4v) is 8.47. The van der Waals surface area contributed by atoms with Crippen molar-refractivity contribution in [2.45, 2.75) is 26.2 Å². The minimum absolute atomic E-state index is 0.900. The maximum atomic E-state index is 6.05. The molecule has 0 bridgehead atoms. The van der Waals surface area contributed by atoms with E-state index in [0.29, 0.717) is 0 Å². The largest absolute Gasteiger partial charge is 0.454 e. The summed E-state index contributed by atoms with van der Waals surface area (Å²) < 4.78 is 6.05. The van der Waals surface area contributed by atoms with E-state index in [2.05, 4.69) is 51.4 Å². The molecule has 0 spiro atoms. The Morgan fingerprint density at radius 1 is 0.909 bits per heavy atom. The Morgan fingerprint density at radius 3 is 1.36 bits per heavy atom. The second kappa shape index (κ2) is 4.36. The fraction of sp³-hybridized carbons (Fsp3) is 1.00. The molecule has 0 saturated carbocycles. The molecule has 0 heterocycles. The highest BCUT2D eigenvalue weighted by atomic mass is 32.1. The van der Waals surface area contributed by atoms with Gasteiger partial charge in [-0.3, -0.25) is 0 Å². The van der Waals surface area contributed by atoms with E-state index >= 15 is 0 Å². The van der Waals surface area contributed by atoms with Crippen molar-refractivity contribution in [2.24, 2.45) is 0 Å². The first-order valence-electron chi connectivity index (χ1n) is 3.75. The van der Waals surface area contributed by atoms with Crippen LogP contribution in [0.5, 0.6) is 0 Å². The van der Waals surface area contributed by atoms with Gasteiger partial charge in [-0.1, -0.05) is 0 Å². The molecule has 0 aliphatic heterocycles. The van der Waals surface area contributed by atoms with Crippen LogP contribution in [-0.2, 0) is 4.12 Å². The maximum Gasteiger partial charge on any atom is 0.183 e. The molecule has 1 nitrogen and oxygen atoms in total. The van der Waals surface area contributed by atoms with E-state index in [1.54, 1.807) is 0 Å². The van der Waals surface area contributed by atoms with Gasteiger partial charge in [0.1, 0.15) is 0 Å². The molecule has 0 atom stereocenters. The van der Waals surface area contributed by atoms with Crippen LogP contribution in [0, 0.1) is 0 Å². The summed E-state index contributed by atoms with van der Waals surface area (Å²) in [6.07, 6.45) is 0. The Bertz CT molecular complexity index is 114. The molecule has 0 aromatic carbocycles. The Morgan fingerprint density at radius 2 is 1.18 bits per heavy atom. The maximum absolute atomic E-state index is 6.05. The van der Waals surface area contributed by atoms with Gasteiger partial charge in [-0.15, -0.1) is 0 Å². The highest BCUT2D eigenvalue weighted by molar-refractivity contribution is 7.82. The Hall–Kier alpha value is 1.09. The Labute approximate surface area is 83.0 Å². The van der Waals surface area contributed by atoms with Crippen molar-refractivity contribution in [1.82, 2.24) is 0 Å². The van der Waals surface area contributed by atoms with Crippen LogP contribution in [0.15, 0.2) is 0 Å². The zero-order valence-electron chi connectivity index (χ0n) is 7.72. The van der Waals surface area contributed by atoms with Crippen LogP contribution in [-0.4, -0.2) is 27.4 Å². The number of rotatable bonds is 4. The van der Waals surface area contributed by atoms with Gasteiger partial charge in [-0.2, -0.15) is 25.3 Å². The molecule has 0 rings (SSSR count). The van der Waals surface area contributed by atoms with E-state index in [9.17, 15) is 0 Å². The van der Waals surface area contributed by atoms with Gasteiger partial charge < -0.3 is 4.12 Å². The molecular formula is C6H18OS2Si2. The molecule has 0 aromatic rings. The van der Waals surface area contributed by atoms with E-state index in [1.807, 2.05) is 0 Å². The van der Waals surface area contributed by atoms with Crippen LogP contribution < -0.4 is 0 Å². The lowest BCUT2D eigenvalue weighted by molar-refractivity contribution is 0.557. The average Bonchev–Trinajstić information content (AvgIpc) is 1.86. The van der Waals surface area contributed by atoms with Crippen molar-refractivity contribution >= 4 is 41.9 Å². The van der Waals surface area contributed by atoms with Crippen LogP contribution in [0.1, 0.15) is 0 Å². The van der Waals surface area contributed by atoms with Crippen LogP contribution in [0.2, 0.25) is 26.2 Å². The van der Waals surface area contributed by atoms with E-state index in [4.69, 9.17) is 4.12 Å². The molecular weight excluding hydrogens is 208 g/mol. The SMILES string of the molecule is C[Si](C)(CS)O[Si](C)(C)CS. The molecule has 68 valence electrons. The minimum atomic E-state index is -1.46. The molecule has 0 aliphatic rings. The van der Waals surface area contributed by atoms with Gasteiger partial charge in [0.05, 0.1) is 0 Å². The third-order valence-corrected chi connectivity index (χ3v) is 11.8. The molecule has 0 amide bonds. The average molecular weight is 227 g/mol. The summed E-state index contributed by atoms with van der Waals surface area (Å²) in [5.41, 5.74) is 0. The third-order valence-electron chi connectivity index (χ3n) is 1.31. The topological polar surface area (TPSA) is 9.23 Å². The zero-order chi connectivity index (χ0) is 9.12. The van der Waals surface area contributed by atoms with Crippen LogP contribution >= 0.6 is 25.3 Å². The second-order valence-electron chi connectivity index (χ2n) is 3.94. The van der Waals surface area contributed by atoms with Crippen molar-refractivity contribution in [2.75, 3.05) is 10.8 Å². The first-order chi connectivity index (χ1) is 4.83. The Balaban J connectivity index is 4.02. The number of thiol groups is 2. The van der Waals surface area contributed by atoms with Crippen molar-refractivity contribution in [3.05, 3.63) is 0 Å². The first kappa shape index (κ1) is 12.1. The predicted molar refractivity (Wildman–Crippen MR) is 63.8 cm³/mol. The van der Waals surface area contributed by atoms with Gasteiger partial charge in [-0.25, -0.2) is 0 Å². The van der Waals surface area contributed by atoms with Gasteiger partial charge in [0, 0.05) is 10.8 Å². The van der Waals surface area contributed by atoms with Crippen molar-refractivity contribution in [1.29, 1.82) is 0 Å². The lowest BCUT2D eigenvalue weighted by Crippen LogP contribution is -2.47. The number of hydrogen-bond donors (Lipinski definition) is 2. The molecule has 0 aromatic heterocycles. The summed E-state index contributed by atoms with van der Waals surface area (Å²) in [6, 6.07) is 0. The van der Waals surface area contributed by atoms with Crippen LogP contribution in [0.25, 0.3) is 0 Å². The normalized spacial score (nSPS) is 13.6. The van der Waals surface area contributed by atoms with Gasteiger partial charge >= 0.3 is 0 Å². The van der Waals surface area contributed by atoms with Crippen molar-refractivity contribution in [3.63, 3.8) is 0 Å². The molecule has 0 saturated heterocycles. The zero-order valence-corrected chi connectivity index (χ0v) is 11.5. The molecule has 0 N–H and O–H groups in total. The molecule has 0 aliphatic carbocycles. The summed E-state index contributed by atoms with van der Waals surface area (Å²) in [7, 11) is -2.91. The fourth-order valence-electron chi connectivity index (χ4n) is 0.813. The second-order valence-corrected chi connectivity index (χ2v) is 14.3. The summed E-state index contributed by atoms with van der Waals surface area (Å²) in [5, 5.41) is 1.80. The minimum Gasteiger partial charge on any atom is -0.454 e. The van der Waals surface area contributed by atoms with Gasteiger partial charge in [0.2, 0.25) is 0 Å². The predicted octanol–water partition coefficient (Wildman–Crippen LogP) is 2.35. The van der Waals surface area contributed by atoms with Gasteiger partial charge in [0.25, 0.3) is 0 Å². The quantitative estimate of drug-likeness (QED) is 0.553. The van der Waals surface area contributed by atoms with E-state index in [-0.39, 0.29) is 0 Å². The molecule has 0 unspecified atom stereocenters. The van der Waals surface area contributed by atoms with E-state index in [0.717, 1.165) is 10.8 Å². The lowest BCUT2D eigenvalue weighted by Gasteiger charge is -2.31. The van der Waals surface area contributed by atoms with E-state index in [1.165, 1.54) is 0 Å². The molecule has 5 heteroatoms. The highest BCUT2D eigenvalue weighted by Gasteiger charge is 2.30. The molecule has 0 fully saturated rings. The highest BCUT2D eigenvalue weighted by Crippen LogP contribution is 2.16. The lowest BCUT2D eigenvalue weighted by atomic mass is 11.8. The number of hydrogen-bond acceptors (Lipinski definition) is 3. The van der Waals surface area contributed by atoms with E-state index < -0.39 is 16.6 Å². The summed E-state index contributed by atoms with van der Waals surface area (Å²) >= 11 is 8.57. The standard InChI is InChI=1S/C6H18OS2Si2/c1-10(2,5-8)7-11(3,4)6-9/h8-9H,5-6H2,1-4H3. The summed E-state index contributed by atoms with van der Waals surface area (Å²) in [5.74, 6) is 0. The van der Waals surface area contributed by atoms with Crippen LogP contribution in [0.4, 0.5) is 0 Å². The summed E-state index contributed by atoms with van der Waals surface area (Å²) in [4.78, 5) is 0. The summed E-state index contributed by atoms with van der Waals surface area (Å²) in [6.45, 7) is 8.83. The monoisotopic (exact) mass is 226 g/mol. The van der Waals surface area contributed by atoms with Crippen molar-refractivity contribution < 1.29 is 4.12 Å². The third kappa shape index (κ3) is 5.35. The molecule has 11 heavy (non-hydrogen) atoms. The van der Waals surface area contributed by atoms with Crippen molar-refractivity contribution in [3.8, 4) is 0 Å². The first-order valence-corrected chi connectivity index (χ1v) is 11.2. The van der Waals surface area contributed by atoms with Gasteiger partial charge in [-0.05, 0) is 26.2 Å². The van der Waals surface area contributed by atoms with Crippen LogP contribution in [0.3, 0.4) is 0 Å². The smallest absolute Gasteiger partial charge is 0.183 e. The Kier molecular flexibility index (Phi) is 4.80. The van der Waals surface area contributed by atoms with Gasteiger partial charge in [0.15, 0.2) is 16.6 Å².